The van der Waals surface area contributed by atoms with E-state index in [1.54, 1.807) is 23.3 Å². The summed E-state index contributed by atoms with van der Waals surface area (Å²) in [4.78, 5) is 23.3. The molecule has 0 bridgehead atoms. The molecule has 134 valence electrons. The largest absolute Gasteiger partial charge is 0.453 e. The molecule has 1 aromatic rings. The first kappa shape index (κ1) is 18.5. The van der Waals surface area contributed by atoms with E-state index in [-0.39, 0.29) is 6.09 Å². The van der Waals surface area contributed by atoms with Crippen LogP contribution in [0.25, 0.3) is 0 Å². The van der Waals surface area contributed by atoms with Gasteiger partial charge in [0.15, 0.2) is 5.96 Å². The minimum absolute atomic E-state index is 0.245. The molecule has 0 radical (unpaired) electrons. The minimum atomic E-state index is -0.245. The maximum Gasteiger partial charge on any atom is 0.409 e. The first-order valence-corrected chi connectivity index (χ1v) is 9.21. The summed E-state index contributed by atoms with van der Waals surface area (Å²) in [6, 6.07) is 0.323. The Labute approximate surface area is 147 Å². The molecule has 1 aromatic heterocycles. The van der Waals surface area contributed by atoms with E-state index in [4.69, 9.17) is 4.74 Å². The van der Waals surface area contributed by atoms with E-state index in [1.807, 2.05) is 6.20 Å². The highest BCUT2D eigenvalue weighted by molar-refractivity contribution is 7.11. The number of piperidine rings is 1. The van der Waals surface area contributed by atoms with Gasteiger partial charge in [-0.05, 0) is 19.3 Å². The number of aliphatic imine (C=N–C) groups is 1. The zero-order valence-electron chi connectivity index (χ0n) is 14.7. The maximum absolute atomic E-state index is 11.5. The normalized spacial score (nSPS) is 16.1. The third kappa shape index (κ3) is 5.36. The van der Waals surface area contributed by atoms with Gasteiger partial charge in [-0.15, -0.1) is 11.3 Å². The number of thiazole rings is 1. The molecule has 2 N–H and O–H groups in total. The van der Waals surface area contributed by atoms with E-state index in [0.717, 1.165) is 43.2 Å². The molecule has 8 heteroatoms. The first-order chi connectivity index (χ1) is 11.7. The van der Waals surface area contributed by atoms with Crippen LogP contribution in [-0.4, -0.2) is 61.8 Å². The van der Waals surface area contributed by atoms with Crippen molar-refractivity contribution in [1.82, 2.24) is 20.5 Å². The molecule has 24 heavy (non-hydrogen) atoms. The third-order valence-electron chi connectivity index (χ3n) is 4.07. The van der Waals surface area contributed by atoms with Crippen molar-refractivity contribution in [3.05, 3.63) is 16.1 Å². The van der Waals surface area contributed by atoms with Gasteiger partial charge in [0.05, 0.1) is 12.1 Å². The van der Waals surface area contributed by atoms with E-state index in [1.165, 1.54) is 12.0 Å². The highest BCUT2D eigenvalue weighted by atomic mass is 32.1. The smallest absolute Gasteiger partial charge is 0.409 e. The molecule has 7 nitrogen and oxygen atoms in total. The fraction of sp³-hybridized carbons (Fsp3) is 0.688. The zero-order valence-corrected chi connectivity index (χ0v) is 15.5. The van der Waals surface area contributed by atoms with Gasteiger partial charge in [0.1, 0.15) is 0 Å². The van der Waals surface area contributed by atoms with Crippen LogP contribution in [0.4, 0.5) is 4.79 Å². The van der Waals surface area contributed by atoms with E-state index in [9.17, 15) is 4.79 Å². The van der Waals surface area contributed by atoms with Gasteiger partial charge in [-0.3, -0.25) is 4.99 Å². The van der Waals surface area contributed by atoms with Crippen LogP contribution in [0.15, 0.2) is 11.2 Å². The van der Waals surface area contributed by atoms with Crippen LogP contribution >= 0.6 is 11.3 Å². The molecule has 0 atom stereocenters. The van der Waals surface area contributed by atoms with Crippen molar-refractivity contribution in [3.8, 4) is 0 Å². The topological polar surface area (TPSA) is 78.9 Å². The second kappa shape index (κ2) is 9.46. The number of guanidine groups is 1. The van der Waals surface area contributed by atoms with E-state index < -0.39 is 0 Å². The third-order valence-corrected chi connectivity index (χ3v) is 5.27. The molecule has 2 heterocycles. The summed E-state index contributed by atoms with van der Waals surface area (Å²) in [5.41, 5.74) is 0. The van der Waals surface area contributed by atoms with Crippen molar-refractivity contribution >= 4 is 23.4 Å². The average Bonchev–Trinajstić information content (AvgIpc) is 3.08. The lowest BCUT2D eigenvalue weighted by Crippen LogP contribution is -2.50. The molecule has 1 aliphatic rings. The highest BCUT2D eigenvalue weighted by Gasteiger charge is 2.23. The summed E-state index contributed by atoms with van der Waals surface area (Å²) < 4.78 is 4.76. The molecule has 2 rings (SSSR count). The summed E-state index contributed by atoms with van der Waals surface area (Å²) in [5.74, 6) is 0.804. The number of ether oxygens (including phenoxy) is 1. The van der Waals surface area contributed by atoms with Crippen molar-refractivity contribution in [2.24, 2.45) is 4.99 Å². The number of hydrogen-bond acceptors (Lipinski definition) is 5. The van der Waals surface area contributed by atoms with Gasteiger partial charge in [-0.2, -0.15) is 0 Å². The van der Waals surface area contributed by atoms with E-state index >= 15 is 0 Å². The molecular weight excluding hydrogens is 326 g/mol. The fourth-order valence-corrected chi connectivity index (χ4v) is 3.50. The van der Waals surface area contributed by atoms with Gasteiger partial charge in [-0.1, -0.05) is 6.92 Å². The summed E-state index contributed by atoms with van der Waals surface area (Å²) in [5, 5.41) is 7.92. The van der Waals surface area contributed by atoms with Gasteiger partial charge in [0.25, 0.3) is 0 Å². The Morgan fingerprint density at radius 2 is 2.25 bits per heavy atom. The number of carbonyl (C=O) groups is 1. The Bertz CT molecular complexity index is 552. The molecule has 0 unspecified atom stereocenters. The van der Waals surface area contributed by atoms with Crippen LogP contribution in [0.3, 0.4) is 0 Å². The number of likely N-dealkylation sites (tertiary alicyclic amines) is 1. The van der Waals surface area contributed by atoms with Gasteiger partial charge in [-0.25, -0.2) is 9.78 Å². The predicted molar refractivity (Wildman–Crippen MR) is 96.7 cm³/mol. The quantitative estimate of drug-likeness (QED) is 0.621. The number of rotatable bonds is 5. The lowest BCUT2D eigenvalue weighted by molar-refractivity contribution is 0.111. The Morgan fingerprint density at radius 1 is 1.50 bits per heavy atom. The van der Waals surface area contributed by atoms with Gasteiger partial charge in [0, 0.05) is 50.2 Å². The van der Waals surface area contributed by atoms with Crippen LogP contribution in [0.2, 0.25) is 0 Å². The Kier molecular flexibility index (Phi) is 7.30. The summed E-state index contributed by atoms with van der Waals surface area (Å²) >= 11 is 1.77. The highest BCUT2D eigenvalue weighted by Crippen LogP contribution is 2.13. The van der Waals surface area contributed by atoms with Gasteiger partial charge in [0.2, 0.25) is 0 Å². The first-order valence-electron chi connectivity index (χ1n) is 8.40. The Hall–Kier alpha value is -1.83. The van der Waals surface area contributed by atoms with Crippen LogP contribution < -0.4 is 10.6 Å². The molecular formula is C16H27N5O2S. The number of carbonyl (C=O) groups excluding carboxylic acids is 1. The van der Waals surface area contributed by atoms with Crippen LogP contribution in [0, 0.1) is 0 Å². The number of nitrogens with one attached hydrogen (secondary N) is 2. The SMILES string of the molecule is CCc1cnc(CCNC(=NC)NC2CCN(C(=O)OC)CC2)s1. The molecule has 1 fully saturated rings. The molecule has 1 aliphatic heterocycles. The average molecular weight is 353 g/mol. The Morgan fingerprint density at radius 3 is 2.83 bits per heavy atom. The zero-order chi connectivity index (χ0) is 17.4. The van der Waals surface area contributed by atoms with E-state index in [2.05, 4.69) is 27.5 Å². The predicted octanol–water partition coefficient (Wildman–Crippen LogP) is 1.64. The lowest BCUT2D eigenvalue weighted by Gasteiger charge is -2.32. The number of nitrogens with zero attached hydrogens (tertiary/aromatic N) is 3. The number of aromatic nitrogens is 1. The van der Waals surface area contributed by atoms with Crippen molar-refractivity contribution in [2.45, 2.75) is 38.6 Å². The van der Waals surface area contributed by atoms with Crippen molar-refractivity contribution < 1.29 is 9.53 Å². The van der Waals surface area contributed by atoms with Crippen molar-refractivity contribution in [1.29, 1.82) is 0 Å². The lowest BCUT2D eigenvalue weighted by atomic mass is 10.1. The van der Waals surface area contributed by atoms with Crippen molar-refractivity contribution in [3.63, 3.8) is 0 Å². The molecule has 0 spiro atoms. The molecule has 0 aliphatic carbocycles. The second-order valence-corrected chi connectivity index (χ2v) is 6.90. The molecule has 1 amide bonds. The summed E-state index contributed by atoms with van der Waals surface area (Å²) in [7, 11) is 3.20. The van der Waals surface area contributed by atoms with E-state index in [0.29, 0.717) is 19.1 Å². The minimum Gasteiger partial charge on any atom is -0.453 e. The number of methoxy groups -OCH3 is 1. The standard InChI is InChI=1S/C16H27N5O2S/c1-4-13-11-19-14(24-13)5-8-18-15(17-2)20-12-6-9-21(10-7-12)16(22)23-3/h11-12H,4-10H2,1-3H3,(H2,17,18,20). The van der Waals surface area contributed by atoms with Crippen LogP contribution in [0.1, 0.15) is 29.7 Å². The van der Waals surface area contributed by atoms with Gasteiger partial charge >= 0.3 is 6.09 Å². The summed E-state index contributed by atoms with van der Waals surface area (Å²) in [6.07, 6.45) is 5.43. The fourth-order valence-electron chi connectivity index (χ4n) is 2.64. The van der Waals surface area contributed by atoms with Gasteiger partial charge < -0.3 is 20.3 Å². The van der Waals surface area contributed by atoms with Crippen LogP contribution in [-0.2, 0) is 17.6 Å². The summed E-state index contributed by atoms with van der Waals surface area (Å²) in [6.45, 7) is 4.37. The number of aryl methyl sites for hydroxylation is 1. The van der Waals surface area contributed by atoms with Crippen molar-refractivity contribution in [2.75, 3.05) is 33.8 Å². The number of hydrogen-bond donors (Lipinski definition) is 2. The maximum atomic E-state index is 11.5. The monoisotopic (exact) mass is 353 g/mol. The number of amides is 1. The molecule has 0 saturated carbocycles. The second-order valence-electron chi connectivity index (χ2n) is 5.70. The van der Waals surface area contributed by atoms with Crippen LogP contribution in [0.5, 0.6) is 0 Å². The molecule has 0 aromatic carbocycles. The molecule has 1 saturated heterocycles. The Balaban J connectivity index is 1.70.